The van der Waals surface area contributed by atoms with Gasteiger partial charge in [-0.15, -0.1) is 0 Å². The number of nitrogen functional groups attached to an aromatic ring is 1. The van der Waals surface area contributed by atoms with Crippen molar-refractivity contribution in [2.75, 3.05) is 12.3 Å². The molecule has 2 rings (SSSR count). The molecule has 0 atom stereocenters. The summed E-state index contributed by atoms with van der Waals surface area (Å²) >= 11 is 0. The van der Waals surface area contributed by atoms with Crippen molar-refractivity contribution >= 4 is 5.69 Å². The highest BCUT2D eigenvalue weighted by atomic mass is 16.5. The molecule has 0 amide bonds. The monoisotopic (exact) mass is 266 g/mol. The Balaban J connectivity index is 2.44. The molecule has 0 heterocycles. The van der Waals surface area contributed by atoms with Gasteiger partial charge >= 0.3 is 0 Å². The molecule has 0 radical (unpaired) electrons. The molecule has 0 bridgehead atoms. The van der Waals surface area contributed by atoms with Crippen LogP contribution in [0.2, 0.25) is 0 Å². The van der Waals surface area contributed by atoms with Crippen molar-refractivity contribution in [3.05, 3.63) is 47.5 Å². The van der Waals surface area contributed by atoms with Crippen LogP contribution in [0.3, 0.4) is 0 Å². The summed E-state index contributed by atoms with van der Waals surface area (Å²) in [4.78, 5) is 0. The normalized spacial score (nSPS) is 10.1. The van der Waals surface area contributed by atoms with Gasteiger partial charge in [0.2, 0.25) is 0 Å². The van der Waals surface area contributed by atoms with Crippen molar-refractivity contribution < 1.29 is 4.74 Å². The van der Waals surface area contributed by atoms with Gasteiger partial charge in [-0.25, -0.2) is 0 Å². The maximum atomic E-state index is 9.19. The third-order valence-corrected chi connectivity index (χ3v) is 3.23. The molecule has 102 valence electrons. The summed E-state index contributed by atoms with van der Waals surface area (Å²) in [6.45, 7) is 4.70. The number of nitrogens with zero attached hydrogens (tertiary/aromatic N) is 1. The van der Waals surface area contributed by atoms with Crippen LogP contribution in [0.5, 0.6) is 5.75 Å². The molecule has 2 aromatic carbocycles. The first-order valence-corrected chi connectivity index (χ1v) is 6.69. The van der Waals surface area contributed by atoms with Crippen LogP contribution < -0.4 is 10.5 Å². The van der Waals surface area contributed by atoms with Crippen LogP contribution in [-0.4, -0.2) is 6.61 Å². The van der Waals surface area contributed by atoms with Crippen molar-refractivity contribution in [1.29, 1.82) is 5.26 Å². The number of ether oxygens (including phenoxy) is 1. The smallest absolute Gasteiger partial charge is 0.119 e. The van der Waals surface area contributed by atoms with Gasteiger partial charge in [-0.05, 0) is 48.2 Å². The van der Waals surface area contributed by atoms with Crippen LogP contribution in [0.25, 0.3) is 11.1 Å². The summed E-state index contributed by atoms with van der Waals surface area (Å²) in [5, 5.41) is 9.19. The summed E-state index contributed by atoms with van der Waals surface area (Å²) in [5.74, 6) is 0.846. The molecule has 0 aromatic heterocycles. The Morgan fingerprint density at radius 3 is 2.75 bits per heavy atom. The van der Waals surface area contributed by atoms with E-state index in [4.69, 9.17) is 10.5 Å². The van der Waals surface area contributed by atoms with Crippen LogP contribution in [0, 0.1) is 18.3 Å². The zero-order valence-corrected chi connectivity index (χ0v) is 11.8. The van der Waals surface area contributed by atoms with Crippen molar-refractivity contribution in [1.82, 2.24) is 0 Å². The molecular weight excluding hydrogens is 248 g/mol. The molecule has 3 nitrogen and oxygen atoms in total. The van der Waals surface area contributed by atoms with Gasteiger partial charge in [0.15, 0.2) is 0 Å². The Morgan fingerprint density at radius 2 is 2.05 bits per heavy atom. The van der Waals surface area contributed by atoms with Gasteiger partial charge in [-0.2, -0.15) is 5.26 Å². The second kappa shape index (κ2) is 6.12. The van der Waals surface area contributed by atoms with Gasteiger partial charge < -0.3 is 10.5 Å². The molecule has 0 aliphatic heterocycles. The van der Waals surface area contributed by atoms with E-state index in [2.05, 4.69) is 13.0 Å². The van der Waals surface area contributed by atoms with Gasteiger partial charge in [0, 0.05) is 5.69 Å². The van der Waals surface area contributed by atoms with Gasteiger partial charge in [0.1, 0.15) is 11.8 Å². The summed E-state index contributed by atoms with van der Waals surface area (Å²) in [6.07, 6.45) is 0.976. The van der Waals surface area contributed by atoms with Crippen LogP contribution in [0.4, 0.5) is 5.69 Å². The quantitative estimate of drug-likeness (QED) is 0.854. The molecule has 0 aliphatic rings. The highest BCUT2D eigenvalue weighted by Gasteiger charge is 2.09. The predicted octanol–water partition coefficient (Wildman–Crippen LogP) is 3.90. The molecule has 0 saturated carbocycles. The van der Waals surface area contributed by atoms with Crippen LogP contribution in [0.1, 0.15) is 24.5 Å². The van der Waals surface area contributed by atoms with E-state index in [1.807, 2.05) is 37.3 Å². The second-order valence-corrected chi connectivity index (χ2v) is 4.69. The highest BCUT2D eigenvalue weighted by molar-refractivity contribution is 5.75. The Labute approximate surface area is 119 Å². The highest BCUT2D eigenvalue weighted by Crippen LogP contribution is 2.30. The summed E-state index contributed by atoms with van der Waals surface area (Å²) in [6, 6.07) is 13.8. The zero-order valence-electron chi connectivity index (χ0n) is 11.8. The third-order valence-electron chi connectivity index (χ3n) is 3.23. The summed E-state index contributed by atoms with van der Waals surface area (Å²) in [7, 11) is 0. The fraction of sp³-hybridized carbons (Fsp3) is 0.235. The number of anilines is 1. The van der Waals surface area contributed by atoms with E-state index < -0.39 is 0 Å². The third kappa shape index (κ3) is 2.75. The van der Waals surface area contributed by atoms with Gasteiger partial charge in [0.05, 0.1) is 12.2 Å². The first-order valence-electron chi connectivity index (χ1n) is 6.69. The molecule has 0 aliphatic carbocycles. The Hall–Kier alpha value is -2.47. The number of nitriles is 1. The molecule has 3 heteroatoms. The van der Waals surface area contributed by atoms with Crippen molar-refractivity contribution in [3.8, 4) is 22.9 Å². The lowest BCUT2D eigenvalue weighted by Crippen LogP contribution is -1.97. The van der Waals surface area contributed by atoms with E-state index in [0.29, 0.717) is 17.9 Å². The van der Waals surface area contributed by atoms with Crippen molar-refractivity contribution in [3.63, 3.8) is 0 Å². The van der Waals surface area contributed by atoms with Crippen LogP contribution in [0.15, 0.2) is 36.4 Å². The van der Waals surface area contributed by atoms with Crippen molar-refractivity contribution in [2.45, 2.75) is 20.3 Å². The van der Waals surface area contributed by atoms with E-state index in [0.717, 1.165) is 28.9 Å². The topological polar surface area (TPSA) is 59.0 Å². The largest absolute Gasteiger partial charge is 0.494 e. The zero-order chi connectivity index (χ0) is 14.5. The van der Waals surface area contributed by atoms with E-state index in [9.17, 15) is 5.26 Å². The Bertz CT molecular complexity index is 657. The van der Waals surface area contributed by atoms with Gasteiger partial charge in [-0.1, -0.05) is 25.1 Å². The van der Waals surface area contributed by atoms with Crippen molar-refractivity contribution in [2.24, 2.45) is 0 Å². The van der Waals surface area contributed by atoms with Gasteiger partial charge in [0.25, 0.3) is 0 Å². The first-order chi connectivity index (χ1) is 9.67. The Kier molecular flexibility index (Phi) is 4.27. The number of hydrogen-bond acceptors (Lipinski definition) is 3. The van der Waals surface area contributed by atoms with Crippen LogP contribution >= 0.6 is 0 Å². The molecule has 0 saturated heterocycles. The minimum Gasteiger partial charge on any atom is -0.494 e. The maximum absolute atomic E-state index is 9.19. The molecular formula is C17H18N2O. The lowest BCUT2D eigenvalue weighted by molar-refractivity contribution is 0.317. The van der Waals surface area contributed by atoms with E-state index in [-0.39, 0.29) is 0 Å². The molecule has 0 spiro atoms. The number of nitrogens with two attached hydrogens (primary N) is 1. The van der Waals surface area contributed by atoms with E-state index >= 15 is 0 Å². The average Bonchev–Trinajstić information content (AvgIpc) is 2.46. The van der Waals surface area contributed by atoms with Crippen LogP contribution in [-0.2, 0) is 0 Å². The van der Waals surface area contributed by atoms with E-state index in [1.54, 1.807) is 6.07 Å². The fourth-order valence-corrected chi connectivity index (χ4v) is 2.17. The molecule has 2 N–H and O–H groups in total. The molecule has 0 fully saturated rings. The summed E-state index contributed by atoms with van der Waals surface area (Å²) in [5.41, 5.74) is 9.84. The lowest BCUT2D eigenvalue weighted by atomic mass is 9.95. The number of rotatable bonds is 4. The Morgan fingerprint density at radius 1 is 1.25 bits per heavy atom. The number of hydrogen-bond donors (Lipinski definition) is 1. The lowest BCUT2D eigenvalue weighted by Gasteiger charge is -2.11. The number of benzene rings is 2. The van der Waals surface area contributed by atoms with E-state index in [1.165, 1.54) is 0 Å². The summed E-state index contributed by atoms with van der Waals surface area (Å²) < 4.78 is 5.65. The minimum atomic E-state index is 0.520. The second-order valence-electron chi connectivity index (χ2n) is 4.69. The minimum absolute atomic E-state index is 0.520. The van der Waals surface area contributed by atoms with Gasteiger partial charge in [-0.3, -0.25) is 0 Å². The fourth-order valence-electron chi connectivity index (χ4n) is 2.17. The average molecular weight is 266 g/mol. The standard InChI is InChI=1S/C17H18N2O/c1-3-9-20-14-6-4-5-13(10-14)15-7-8-17(19)16(11-18)12(15)2/h4-8,10H,3,9,19H2,1-2H3. The first kappa shape index (κ1) is 14.0. The molecule has 20 heavy (non-hydrogen) atoms. The predicted molar refractivity (Wildman–Crippen MR) is 81.5 cm³/mol. The molecule has 0 unspecified atom stereocenters. The SMILES string of the molecule is CCCOc1cccc(-c2ccc(N)c(C#N)c2C)c1. The maximum Gasteiger partial charge on any atom is 0.119 e. The molecule has 2 aromatic rings.